The molecule has 1 N–H and O–H groups in total. The molecule has 2 aliphatic heterocycles. The Bertz CT molecular complexity index is 272. The Labute approximate surface area is 111 Å². The minimum absolute atomic E-state index is 0.259. The lowest BCUT2D eigenvalue weighted by atomic mass is 9.69. The van der Waals surface area contributed by atoms with Gasteiger partial charge in [-0.15, -0.1) is 0 Å². The van der Waals surface area contributed by atoms with Crippen molar-refractivity contribution in [2.75, 3.05) is 19.8 Å². The third-order valence-corrected chi connectivity index (χ3v) is 5.11. The van der Waals surface area contributed by atoms with Crippen LogP contribution in [0.1, 0.15) is 51.9 Å². The highest BCUT2D eigenvalue weighted by atomic mass is 16.5. The summed E-state index contributed by atoms with van der Waals surface area (Å²) in [4.78, 5) is 0. The monoisotopic (exact) mass is 253 g/mol. The van der Waals surface area contributed by atoms with E-state index in [9.17, 15) is 0 Å². The molecule has 3 aliphatic rings. The van der Waals surface area contributed by atoms with Crippen LogP contribution in [0.15, 0.2) is 0 Å². The van der Waals surface area contributed by atoms with Crippen LogP contribution in [-0.4, -0.2) is 37.5 Å². The Morgan fingerprint density at radius 2 is 2.11 bits per heavy atom. The van der Waals surface area contributed by atoms with Gasteiger partial charge in [-0.25, -0.2) is 0 Å². The topological polar surface area (TPSA) is 30.5 Å². The molecule has 3 atom stereocenters. The van der Waals surface area contributed by atoms with Gasteiger partial charge >= 0.3 is 0 Å². The van der Waals surface area contributed by atoms with Crippen molar-refractivity contribution in [1.29, 1.82) is 0 Å². The Balaban J connectivity index is 1.65. The molecule has 0 aromatic rings. The fourth-order valence-electron chi connectivity index (χ4n) is 4.01. The predicted octanol–water partition coefficient (Wildman–Crippen LogP) is 2.49. The average molecular weight is 253 g/mol. The second-order valence-electron chi connectivity index (χ2n) is 6.27. The van der Waals surface area contributed by atoms with Crippen molar-refractivity contribution in [3.8, 4) is 0 Å². The molecule has 0 bridgehead atoms. The first-order valence-electron chi connectivity index (χ1n) is 7.82. The van der Waals surface area contributed by atoms with Crippen molar-refractivity contribution in [3.63, 3.8) is 0 Å². The molecule has 0 radical (unpaired) electrons. The van der Waals surface area contributed by atoms with Crippen molar-refractivity contribution in [3.05, 3.63) is 0 Å². The largest absolute Gasteiger partial charge is 0.377 e. The van der Waals surface area contributed by atoms with Crippen molar-refractivity contribution >= 4 is 0 Å². The first-order valence-corrected chi connectivity index (χ1v) is 7.82. The third kappa shape index (κ3) is 2.45. The fraction of sp³-hybridized carbons (Fsp3) is 1.00. The molecule has 3 nitrogen and oxygen atoms in total. The molecule has 3 rings (SSSR count). The molecule has 0 amide bonds. The predicted molar refractivity (Wildman–Crippen MR) is 71.7 cm³/mol. The van der Waals surface area contributed by atoms with Gasteiger partial charge in [-0.2, -0.15) is 0 Å². The van der Waals surface area contributed by atoms with Gasteiger partial charge in [0.25, 0.3) is 0 Å². The highest BCUT2D eigenvalue weighted by Crippen LogP contribution is 2.45. The van der Waals surface area contributed by atoms with E-state index in [2.05, 4.69) is 12.2 Å². The zero-order valence-corrected chi connectivity index (χ0v) is 11.6. The van der Waals surface area contributed by atoms with Gasteiger partial charge < -0.3 is 14.8 Å². The fourth-order valence-corrected chi connectivity index (χ4v) is 4.01. The maximum absolute atomic E-state index is 6.05. The summed E-state index contributed by atoms with van der Waals surface area (Å²) < 4.78 is 12.0. The van der Waals surface area contributed by atoms with Gasteiger partial charge in [0.05, 0.1) is 11.7 Å². The van der Waals surface area contributed by atoms with Crippen molar-refractivity contribution in [2.45, 2.75) is 69.6 Å². The van der Waals surface area contributed by atoms with Crippen LogP contribution in [0.5, 0.6) is 0 Å². The Morgan fingerprint density at radius 1 is 1.22 bits per heavy atom. The summed E-state index contributed by atoms with van der Waals surface area (Å²) in [5, 5.41) is 3.70. The second-order valence-corrected chi connectivity index (χ2v) is 6.27. The maximum Gasteiger partial charge on any atom is 0.0731 e. The van der Waals surface area contributed by atoms with Crippen LogP contribution in [0, 0.1) is 5.92 Å². The highest BCUT2D eigenvalue weighted by Gasteiger charge is 2.45. The Hall–Kier alpha value is -0.120. The summed E-state index contributed by atoms with van der Waals surface area (Å²) >= 11 is 0. The van der Waals surface area contributed by atoms with Crippen molar-refractivity contribution in [1.82, 2.24) is 5.32 Å². The molecule has 1 aliphatic carbocycles. The molecule has 0 aromatic carbocycles. The number of likely N-dealkylation sites (N-methyl/N-ethyl adjacent to an activating group) is 1. The molecule has 2 heterocycles. The molecule has 18 heavy (non-hydrogen) atoms. The van der Waals surface area contributed by atoms with Gasteiger partial charge in [0.1, 0.15) is 0 Å². The summed E-state index contributed by atoms with van der Waals surface area (Å²) in [5.74, 6) is 0.752. The molecular formula is C15H27NO2. The maximum atomic E-state index is 6.05. The van der Waals surface area contributed by atoms with E-state index in [1.54, 1.807) is 0 Å². The average Bonchev–Trinajstić information content (AvgIpc) is 2.88. The SMILES string of the molecule is CCNC(C1CCOC2(CCC2)C1)C1CCCO1. The molecule has 0 aromatic heterocycles. The van der Waals surface area contributed by atoms with Crippen LogP contribution < -0.4 is 5.32 Å². The first kappa shape index (κ1) is 12.9. The molecule has 3 unspecified atom stereocenters. The summed E-state index contributed by atoms with van der Waals surface area (Å²) in [5.41, 5.74) is 0.259. The highest BCUT2D eigenvalue weighted by molar-refractivity contribution is 4.98. The summed E-state index contributed by atoms with van der Waals surface area (Å²) in [6.07, 6.45) is 9.32. The summed E-state index contributed by atoms with van der Waals surface area (Å²) in [6.45, 7) is 5.18. The standard InChI is InChI=1S/C15H27NO2/c1-2-16-14(13-5-3-9-17-13)12-6-10-18-15(11-12)7-4-8-15/h12-14,16H,2-11H2,1H3. The minimum Gasteiger partial charge on any atom is -0.377 e. The normalized spacial score (nSPS) is 36.5. The van der Waals surface area contributed by atoms with E-state index in [4.69, 9.17) is 9.47 Å². The van der Waals surface area contributed by atoms with Crippen LogP contribution in [0.4, 0.5) is 0 Å². The summed E-state index contributed by atoms with van der Waals surface area (Å²) in [7, 11) is 0. The van der Waals surface area contributed by atoms with E-state index in [-0.39, 0.29) is 5.60 Å². The zero-order chi connectivity index (χ0) is 12.4. The summed E-state index contributed by atoms with van der Waals surface area (Å²) in [6, 6.07) is 0.555. The van der Waals surface area contributed by atoms with E-state index in [1.807, 2.05) is 0 Å². The lowest BCUT2D eigenvalue weighted by Crippen LogP contribution is -2.53. The Morgan fingerprint density at radius 3 is 2.72 bits per heavy atom. The molecule has 104 valence electrons. The molecule has 1 saturated carbocycles. The lowest BCUT2D eigenvalue weighted by Gasteiger charge is -2.49. The molecular weight excluding hydrogens is 226 g/mol. The van der Waals surface area contributed by atoms with Crippen LogP contribution >= 0.6 is 0 Å². The van der Waals surface area contributed by atoms with Crippen molar-refractivity contribution in [2.24, 2.45) is 5.92 Å². The quantitative estimate of drug-likeness (QED) is 0.835. The van der Waals surface area contributed by atoms with Gasteiger partial charge in [-0.05, 0) is 57.4 Å². The minimum atomic E-state index is 0.259. The number of hydrogen-bond acceptors (Lipinski definition) is 3. The Kier molecular flexibility index (Phi) is 3.92. The van der Waals surface area contributed by atoms with E-state index in [0.717, 1.165) is 25.7 Å². The second kappa shape index (κ2) is 5.48. The molecule has 3 fully saturated rings. The zero-order valence-electron chi connectivity index (χ0n) is 11.6. The van der Waals surface area contributed by atoms with E-state index >= 15 is 0 Å². The van der Waals surface area contributed by atoms with E-state index in [1.165, 1.54) is 44.9 Å². The van der Waals surface area contributed by atoms with Gasteiger partial charge in [0.15, 0.2) is 0 Å². The smallest absolute Gasteiger partial charge is 0.0731 e. The molecule has 2 saturated heterocycles. The van der Waals surface area contributed by atoms with Gasteiger partial charge in [-0.1, -0.05) is 6.92 Å². The number of rotatable bonds is 4. The molecule has 3 heteroatoms. The number of hydrogen-bond donors (Lipinski definition) is 1. The third-order valence-electron chi connectivity index (χ3n) is 5.11. The van der Waals surface area contributed by atoms with Crippen LogP contribution in [0.3, 0.4) is 0 Å². The van der Waals surface area contributed by atoms with Gasteiger partial charge in [0, 0.05) is 19.3 Å². The number of ether oxygens (including phenoxy) is 2. The van der Waals surface area contributed by atoms with Crippen LogP contribution in [-0.2, 0) is 9.47 Å². The molecule has 1 spiro atoms. The number of nitrogens with one attached hydrogen (secondary N) is 1. The first-order chi connectivity index (χ1) is 8.83. The van der Waals surface area contributed by atoms with Gasteiger partial charge in [-0.3, -0.25) is 0 Å². The van der Waals surface area contributed by atoms with Crippen LogP contribution in [0.2, 0.25) is 0 Å². The van der Waals surface area contributed by atoms with Crippen molar-refractivity contribution < 1.29 is 9.47 Å². The van der Waals surface area contributed by atoms with Crippen LogP contribution in [0.25, 0.3) is 0 Å². The van der Waals surface area contributed by atoms with E-state index < -0.39 is 0 Å². The van der Waals surface area contributed by atoms with Gasteiger partial charge in [0.2, 0.25) is 0 Å². The lowest BCUT2D eigenvalue weighted by molar-refractivity contribution is -0.151. The van der Waals surface area contributed by atoms with E-state index in [0.29, 0.717) is 12.1 Å².